The highest BCUT2D eigenvalue weighted by atomic mass is 35.5. The van der Waals surface area contributed by atoms with E-state index in [0.29, 0.717) is 4.34 Å². The van der Waals surface area contributed by atoms with Crippen LogP contribution in [0.5, 0.6) is 0 Å². The van der Waals surface area contributed by atoms with Crippen LogP contribution in [0.15, 0.2) is 30.5 Å². The molecule has 1 aliphatic rings. The van der Waals surface area contributed by atoms with Gasteiger partial charge in [0.2, 0.25) is 0 Å². The number of halogens is 1. The molecule has 4 heteroatoms. The standard InChI is InChI=1S/C13H10ClNOS/c14-11-6-5-10(17-11)13(16)9-4-3-8-2-1-7-15-12(8)9/h1-2,5-7,9H,3-4H2. The van der Waals surface area contributed by atoms with Crippen molar-refractivity contribution in [2.75, 3.05) is 0 Å². The topological polar surface area (TPSA) is 30.0 Å². The molecule has 0 aromatic carbocycles. The predicted octanol–water partition coefficient (Wildman–Crippen LogP) is 3.71. The maximum absolute atomic E-state index is 12.3. The van der Waals surface area contributed by atoms with Crippen molar-refractivity contribution in [1.82, 2.24) is 4.98 Å². The van der Waals surface area contributed by atoms with Gasteiger partial charge in [-0.3, -0.25) is 9.78 Å². The van der Waals surface area contributed by atoms with E-state index in [9.17, 15) is 4.79 Å². The van der Waals surface area contributed by atoms with E-state index in [0.717, 1.165) is 23.4 Å². The van der Waals surface area contributed by atoms with E-state index in [-0.39, 0.29) is 11.7 Å². The molecule has 1 aliphatic carbocycles. The predicted molar refractivity (Wildman–Crippen MR) is 69.0 cm³/mol. The Bertz CT molecular complexity index is 578. The van der Waals surface area contributed by atoms with Gasteiger partial charge in [0, 0.05) is 6.20 Å². The molecule has 0 bridgehead atoms. The van der Waals surface area contributed by atoms with Crippen molar-refractivity contribution in [2.24, 2.45) is 0 Å². The molecule has 0 N–H and O–H groups in total. The molecule has 2 heterocycles. The van der Waals surface area contributed by atoms with Gasteiger partial charge in [0.25, 0.3) is 0 Å². The van der Waals surface area contributed by atoms with Crippen LogP contribution < -0.4 is 0 Å². The van der Waals surface area contributed by atoms with Gasteiger partial charge in [-0.25, -0.2) is 0 Å². The first-order chi connectivity index (χ1) is 8.25. The van der Waals surface area contributed by atoms with Gasteiger partial charge in [-0.15, -0.1) is 11.3 Å². The van der Waals surface area contributed by atoms with Crippen LogP contribution >= 0.6 is 22.9 Å². The van der Waals surface area contributed by atoms with Gasteiger partial charge in [-0.1, -0.05) is 17.7 Å². The number of carbonyl (C=O) groups excluding carboxylic acids is 1. The second-order valence-electron chi connectivity index (χ2n) is 4.11. The zero-order chi connectivity index (χ0) is 11.8. The molecule has 0 radical (unpaired) electrons. The Labute approximate surface area is 108 Å². The van der Waals surface area contributed by atoms with E-state index in [1.54, 1.807) is 18.3 Å². The van der Waals surface area contributed by atoms with Crippen molar-refractivity contribution < 1.29 is 4.79 Å². The number of pyridine rings is 1. The summed E-state index contributed by atoms with van der Waals surface area (Å²) in [4.78, 5) is 17.4. The molecule has 0 fully saturated rings. The minimum atomic E-state index is -0.0825. The second-order valence-corrected chi connectivity index (χ2v) is 5.82. The number of hydrogen-bond acceptors (Lipinski definition) is 3. The Balaban J connectivity index is 1.95. The van der Waals surface area contributed by atoms with Crippen molar-refractivity contribution in [2.45, 2.75) is 18.8 Å². The molecular weight excluding hydrogens is 254 g/mol. The fraction of sp³-hybridized carbons (Fsp3) is 0.231. The Kier molecular flexibility index (Phi) is 2.73. The number of aromatic nitrogens is 1. The zero-order valence-electron chi connectivity index (χ0n) is 9.02. The molecule has 0 saturated heterocycles. The van der Waals surface area contributed by atoms with Gasteiger partial charge < -0.3 is 0 Å². The Morgan fingerprint density at radius 1 is 1.41 bits per heavy atom. The first kappa shape index (κ1) is 10.9. The van der Waals surface area contributed by atoms with Crippen LogP contribution in [0.3, 0.4) is 0 Å². The lowest BCUT2D eigenvalue weighted by atomic mass is 10.0. The third kappa shape index (κ3) is 1.90. The summed E-state index contributed by atoms with van der Waals surface area (Å²) in [5.41, 5.74) is 2.15. The quantitative estimate of drug-likeness (QED) is 0.773. The van der Waals surface area contributed by atoms with Crippen LogP contribution in [0.2, 0.25) is 4.34 Å². The summed E-state index contributed by atoms with van der Waals surface area (Å²) in [5.74, 6) is 0.0697. The summed E-state index contributed by atoms with van der Waals surface area (Å²) < 4.78 is 0.660. The van der Waals surface area contributed by atoms with Crippen LogP contribution in [0.25, 0.3) is 0 Å². The molecule has 2 aromatic heterocycles. The van der Waals surface area contributed by atoms with Crippen LogP contribution in [0, 0.1) is 0 Å². The maximum atomic E-state index is 12.3. The molecule has 86 valence electrons. The SMILES string of the molecule is O=C(c1ccc(Cl)s1)C1CCc2cccnc21. The lowest BCUT2D eigenvalue weighted by molar-refractivity contribution is 0.0962. The smallest absolute Gasteiger partial charge is 0.181 e. The highest BCUT2D eigenvalue weighted by molar-refractivity contribution is 7.18. The molecule has 3 rings (SSSR count). The summed E-state index contributed by atoms with van der Waals surface area (Å²) in [6, 6.07) is 7.55. The van der Waals surface area contributed by atoms with E-state index in [2.05, 4.69) is 11.1 Å². The largest absolute Gasteiger partial charge is 0.293 e. The minimum absolute atomic E-state index is 0.0825. The Morgan fingerprint density at radius 2 is 2.29 bits per heavy atom. The lowest BCUT2D eigenvalue weighted by Gasteiger charge is -2.07. The monoisotopic (exact) mass is 263 g/mol. The van der Waals surface area contributed by atoms with Crippen LogP contribution in [-0.4, -0.2) is 10.8 Å². The van der Waals surface area contributed by atoms with Gasteiger partial charge >= 0.3 is 0 Å². The maximum Gasteiger partial charge on any atom is 0.181 e. The molecule has 0 saturated carbocycles. The van der Waals surface area contributed by atoms with Crippen molar-refractivity contribution >= 4 is 28.7 Å². The molecule has 2 nitrogen and oxygen atoms in total. The van der Waals surface area contributed by atoms with Crippen molar-refractivity contribution in [3.05, 3.63) is 50.9 Å². The van der Waals surface area contributed by atoms with Gasteiger partial charge in [0.15, 0.2) is 5.78 Å². The molecule has 0 spiro atoms. The summed E-state index contributed by atoms with van der Waals surface area (Å²) in [6.45, 7) is 0. The third-order valence-corrected chi connectivity index (χ3v) is 4.34. The number of Topliss-reactive ketones (excluding diaryl/α,β-unsaturated/α-hetero) is 1. The Morgan fingerprint density at radius 3 is 3.06 bits per heavy atom. The summed E-state index contributed by atoms with van der Waals surface area (Å²) >= 11 is 7.21. The normalized spacial score (nSPS) is 18.1. The number of ketones is 1. The van der Waals surface area contributed by atoms with Gasteiger partial charge in [-0.2, -0.15) is 0 Å². The van der Waals surface area contributed by atoms with Crippen molar-refractivity contribution in [3.63, 3.8) is 0 Å². The summed E-state index contributed by atoms with van der Waals surface area (Å²) in [5, 5.41) is 0. The summed E-state index contributed by atoms with van der Waals surface area (Å²) in [6.07, 6.45) is 3.56. The number of nitrogens with zero attached hydrogens (tertiary/aromatic N) is 1. The average Bonchev–Trinajstić information content (AvgIpc) is 2.94. The fourth-order valence-electron chi connectivity index (χ4n) is 2.29. The van der Waals surface area contributed by atoms with Crippen LogP contribution in [-0.2, 0) is 6.42 Å². The van der Waals surface area contributed by atoms with Crippen LogP contribution in [0.4, 0.5) is 0 Å². The van der Waals surface area contributed by atoms with Crippen molar-refractivity contribution in [1.29, 1.82) is 0 Å². The number of carbonyl (C=O) groups is 1. The lowest BCUT2D eigenvalue weighted by Crippen LogP contribution is -2.09. The Hall–Kier alpha value is -1.19. The number of rotatable bonds is 2. The number of fused-ring (bicyclic) bond motifs is 1. The number of hydrogen-bond donors (Lipinski definition) is 0. The van der Waals surface area contributed by atoms with E-state index in [1.807, 2.05) is 6.07 Å². The zero-order valence-corrected chi connectivity index (χ0v) is 10.6. The van der Waals surface area contributed by atoms with Crippen LogP contribution in [0.1, 0.15) is 33.3 Å². The molecule has 1 unspecified atom stereocenters. The molecule has 2 aromatic rings. The fourth-order valence-corrected chi connectivity index (χ4v) is 3.32. The minimum Gasteiger partial charge on any atom is -0.293 e. The summed E-state index contributed by atoms with van der Waals surface area (Å²) in [7, 11) is 0. The third-order valence-electron chi connectivity index (χ3n) is 3.09. The highest BCUT2D eigenvalue weighted by Gasteiger charge is 2.30. The first-order valence-electron chi connectivity index (χ1n) is 5.49. The molecule has 17 heavy (non-hydrogen) atoms. The van der Waals surface area contributed by atoms with E-state index in [4.69, 9.17) is 11.6 Å². The van der Waals surface area contributed by atoms with Gasteiger partial charge in [0.05, 0.1) is 20.8 Å². The number of thiophene rings is 1. The highest BCUT2D eigenvalue weighted by Crippen LogP contribution is 2.35. The second kappa shape index (κ2) is 4.24. The molecule has 1 atom stereocenters. The molecule has 0 aliphatic heterocycles. The number of aryl methyl sites for hydroxylation is 1. The van der Waals surface area contributed by atoms with Gasteiger partial charge in [0.1, 0.15) is 0 Å². The van der Waals surface area contributed by atoms with E-state index < -0.39 is 0 Å². The van der Waals surface area contributed by atoms with E-state index >= 15 is 0 Å². The molecular formula is C13H10ClNOS. The average molecular weight is 264 g/mol. The molecule has 0 amide bonds. The van der Waals surface area contributed by atoms with Crippen molar-refractivity contribution in [3.8, 4) is 0 Å². The van der Waals surface area contributed by atoms with E-state index in [1.165, 1.54) is 16.9 Å². The van der Waals surface area contributed by atoms with Gasteiger partial charge in [-0.05, 0) is 36.6 Å². The first-order valence-corrected chi connectivity index (χ1v) is 6.68.